The Hall–Kier alpha value is -2.65. The van der Waals surface area contributed by atoms with Crippen LogP contribution < -0.4 is 0 Å². The smallest absolute Gasteiger partial charge is 0.165 e. The van der Waals surface area contributed by atoms with Gasteiger partial charge < -0.3 is 9.84 Å². The first-order valence-corrected chi connectivity index (χ1v) is 11.4. The molecule has 3 rings (SSSR count). The third-order valence-electron chi connectivity index (χ3n) is 5.59. The van der Waals surface area contributed by atoms with E-state index in [2.05, 4.69) is 56.3 Å². The van der Waals surface area contributed by atoms with Crippen molar-refractivity contribution in [1.29, 1.82) is 0 Å². The number of halogens is 1. The van der Waals surface area contributed by atoms with Crippen LogP contribution in [0.25, 0.3) is 28.0 Å². The number of aromatic hydroxyl groups is 1. The normalized spacial score (nSPS) is 12.6. The third-order valence-corrected chi connectivity index (χ3v) is 5.59. The van der Waals surface area contributed by atoms with Gasteiger partial charge in [0.25, 0.3) is 0 Å². The summed E-state index contributed by atoms with van der Waals surface area (Å²) in [5, 5.41) is 11.6. The Morgan fingerprint density at radius 2 is 1.68 bits per heavy atom. The number of hydrogen-bond donors (Lipinski definition) is 1. The number of allylic oxidation sites excluding steroid dienone is 1. The molecule has 0 heterocycles. The van der Waals surface area contributed by atoms with E-state index < -0.39 is 5.82 Å². The molecule has 31 heavy (non-hydrogen) atoms. The molecule has 0 amide bonds. The highest BCUT2D eigenvalue weighted by Gasteiger charge is 2.05. The molecule has 2 nitrogen and oxygen atoms in total. The van der Waals surface area contributed by atoms with E-state index in [-0.39, 0.29) is 5.75 Å². The largest absolute Gasteiger partial charge is 0.505 e. The van der Waals surface area contributed by atoms with Crippen LogP contribution in [0, 0.1) is 5.82 Å². The predicted octanol–water partition coefficient (Wildman–Crippen LogP) is 8.13. The fourth-order valence-electron chi connectivity index (χ4n) is 3.70. The summed E-state index contributed by atoms with van der Waals surface area (Å²) in [6.45, 7) is 5.26. The second-order valence-corrected chi connectivity index (χ2v) is 8.21. The van der Waals surface area contributed by atoms with Gasteiger partial charge in [-0.25, -0.2) is 4.39 Å². The number of benzene rings is 3. The summed E-state index contributed by atoms with van der Waals surface area (Å²) in [4.78, 5) is 0. The number of unbranched alkanes of at least 4 members (excludes halogenated alkanes) is 3. The molecule has 164 valence electrons. The van der Waals surface area contributed by atoms with Crippen LogP contribution in [0.2, 0.25) is 0 Å². The molecule has 1 unspecified atom stereocenters. The minimum atomic E-state index is -0.601. The zero-order valence-corrected chi connectivity index (χ0v) is 18.6. The van der Waals surface area contributed by atoms with Crippen molar-refractivity contribution in [3.05, 3.63) is 72.1 Å². The standard InChI is InChI=1S/C28H33FO2/c1-3-4-8-17-31-21(2)9-6-5-7-10-22-11-12-24-19-25(14-13-23(24)18-22)26-15-16-28(30)27(29)20-26/h7,10-16,18-21,30H,3-6,8-9,17H2,1-2H3/b10-7+. The van der Waals surface area contributed by atoms with Crippen molar-refractivity contribution in [2.24, 2.45) is 0 Å². The number of hydrogen-bond acceptors (Lipinski definition) is 2. The fourth-order valence-corrected chi connectivity index (χ4v) is 3.70. The van der Waals surface area contributed by atoms with Gasteiger partial charge in [0.2, 0.25) is 0 Å². The molecule has 0 saturated carbocycles. The van der Waals surface area contributed by atoms with E-state index >= 15 is 0 Å². The van der Waals surface area contributed by atoms with Crippen LogP contribution >= 0.6 is 0 Å². The van der Waals surface area contributed by atoms with E-state index in [0.29, 0.717) is 6.10 Å². The maximum Gasteiger partial charge on any atom is 0.165 e. The van der Waals surface area contributed by atoms with E-state index in [1.54, 1.807) is 6.07 Å². The molecule has 0 aliphatic carbocycles. The maximum absolute atomic E-state index is 13.7. The van der Waals surface area contributed by atoms with Gasteiger partial charge in [-0.05, 0) is 84.3 Å². The molecule has 0 spiro atoms. The minimum Gasteiger partial charge on any atom is -0.505 e. The highest BCUT2D eigenvalue weighted by Crippen LogP contribution is 2.28. The van der Waals surface area contributed by atoms with Gasteiger partial charge in [-0.3, -0.25) is 0 Å². The number of ether oxygens (including phenoxy) is 1. The molecule has 0 bridgehead atoms. The molecular formula is C28H33FO2. The molecule has 1 N–H and O–H groups in total. The van der Waals surface area contributed by atoms with E-state index in [9.17, 15) is 9.50 Å². The first-order chi connectivity index (χ1) is 15.1. The van der Waals surface area contributed by atoms with E-state index in [1.807, 2.05) is 6.07 Å². The van der Waals surface area contributed by atoms with E-state index in [1.165, 1.54) is 30.5 Å². The van der Waals surface area contributed by atoms with Crippen LogP contribution in [0.5, 0.6) is 5.75 Å². The summed E-state index contributed by atoms with van der Waals surface area (Å²) in [7, 11) is 0. The Kier molecular flexibility index (Phi) is 8.66. The zero-order valence-electron chi connectivity index (χ0n) is 18.6. The summed E-state index contributed by atoms with van der Waals surface area (Å²) in [6.07, 6.45) is 11.7. The van der Waals surface area contributed by atoms with Crippen LogP contribution in [0.15, 0.2) is 60.7 Å². The average molecular weight is 421 g/mol. The molecule has 0 radical (unpaired) electrons. The Balaban J connectivity index is 1.53. The van der Waals surface area contributed by atoms with Crippen LogP contribution in [0.1, 0.15) is 57.9 Å². The van der Waals surface area contributed by atoms with Gasteiger partial charge in [0.15, 0.2) is 11.6 Å². The van der Waals surface area contributed by atoms with Crippen molar-refractivity contribution in [3.8, 4) is 16.9 Å². The van der Waals surface area contributed by atoms with Crippen molar-refractivity contribution < 1.29 is 14.2 Å². The Morgan fingerprint density at radius 1 is 0.935 bits per heavy atom. The lowest BCUT2D eigenvalue weighted by Crippen LogP contribution is -2.08. The molecule has 3 aromatic rings. The summed E-state index contributed by atoms with van der Waals surface area (Å²) in [6, 6.07) is 17.0. The minimum absolute atomic E-state index is 0.324. The van der Waals surface area contributed by atoms with Gasteiger partial charge in [-0.2, -0.15) is 0 Å². The summed E-state index contributed by atoms with van der Waals surface area (Å²) < 4.78 is 19.5. The maximum atomic E-state index is 13.7. The van der Waals surface area contributed by atoms with Gasteiger partial charge in [0.05, 0.1) is 6.10 Å². The number of phenols is 1. The lowest BCUT2D eigenvalue weighted by molar-refractivity contribution is 0.0566. The highest BCUT2D eigenvalue weighted by molar-refractivity contribution is 5.89. The van der Waals surface area contributed by atoms with Crippen molar-refractivity contribution in [3.63, 3.8) is 0 Å². The highest BCUT2D eigenvalue weighted by atomic mass is 19.1. The zero-order chi connectivity index (χ0) is 22.1. The third kappa shape index (κ3) is 6.93. The Labute approximate surface area is 185 Å². The molecule has 0 saturated heterocycles. The molecule has 0 fully saturated rings. The Morgan fingerprint density at radius 3 is 2.48 bits per heavy atom. The number of fused-ring (bicyclic) bond motifs is 1. The van der Waals surface area contributed by atoms with Crippen molar-refractivity contribution in [2.75, 3.05) is 6.61 Å². The number of rotatable bonds is 11. The van der Waals surface area contributed by atoms with Gasteiger partial charge in [-0.15, -0.1) is 0 Å². The average Bonchev–Trinajstić information content (AvgIpc) is 2.78. The molecular weight excluding hydrogens is 387 g/mol. The van der Waals surface area contributed by atoms with Gasteiger partial charge in [-0.1, -0.05) is 62.2 Å². The van der Waals surface area contributed by atoms with Crippen LogP contribution in [-0.2, 0) is 4.74 Å². The van der Waals surface area contributed by atoms with E-state index in [0.717, 1.165) is 54.2 Å². The van der Waals surface area contributed by atoms with Crippen LogP contribution in [0.3, 0.4) is 0 Å². The first kappa shape index (κ1) is 23.0. The van der Waals surface area contributed by atoms with Crippen molar-refractivity contribution in [2.45, 2.75) is 58.5 Å². The lowest BCUT2D eigenvalue weighted by atomic mass is 9.99. The first-order valence-electron chi connectivity index (χ1n) is 11.4. The van der Waals surface area contributed by atoms with Crippen LogP contribution in [0.4, 0.5) is 4.39 Å². The molecule has 0 aromatic heterocycles. The topological polar surface area (TPSA) is 29.5 Å². The lowest BCUT2D eigenvalue weighted by Gasteiger charge is -2.12. The summed E-state index contributed by atoms with van der Waals surface area (Å²) in [5.74, 6) is -0.926. The SMILES string of the molecule is CCCCCOC(C)CCC/C=C/c1ccc2cc(-c3ccc(O)c(F)c3)ccc2c1. The van der Waals surface area contributed by atoms with E-state index in [4.69, 9.17) is 4.74 Å². The number of phenolic OH excluding ortho intramolecular Hbond substituents is 1. The van der Waals surface area contributed by atoms with Gasteiger partial charge >= 0.3 is 0 Å². The molecule has 1 atom stereocenters. The van der Waals surface area contributed by atoms with Gasteiger partial charge in [0, 0.05) is 6.61 Å². The second kappa shape index (κ2) is 11.7. The van der Waals surface area contributed by atoms with Crippen LogP contribution in [-0.4, -0.2) is 17.8 Å². The summed E-state index contributed by atoms with van der Waals surface area (Å²) >= 11 is 0. The molecule has 0 aliphatic rings. The van der Waals surface area contributed by atoms with Crippen molar-refractivity contribution in [1.82, 2.24) is 0 Å². The fraction of sp³-hybridized carbons (Fsp3) is 0.357. The Bertz CT molecular complexity index is 1010. The monoisotopic (exact) mass is 420 g/mol. The summed E-state index contributed by atoms with van der Waals surface area (Å²) in [5.41, 5.74) is 2.87. The van der Waals surface area contributed by atoms with Crippen molar-refractivity contribution >= 4 is 16.8 Å². The molecule has 3 aromatic carbocycles. The van der Waals surface area contributed by atoms with Gasteiger partial charge in [0.1, 0.15) is 0 Å². The second-order valence-electron chi connectivity index (χ2n) is 8.21. The molecule has 0 aliphatic heterocycles. The quantitative estimate of drug-likeness (QED) is 0.317. The molecule has 3 heteroatoms. The predicted molar refractivity (Wildman–Crippen MR) is 129 cm³/mol.